The number of carbonyl (C=O) groups excluding carboxylic acids is 1. The molecule has 0 spiro atoms. The molecule has 2 aromatic rings. The summed E-state index contributed by atoms with van der Waals surface area (Å²) in [4.78, 5) is 17.4. The maximum Gasteiger partial charge on any atom is 0.253 e. The van der Waals surface area contributed by atoms with E-state index in [0.717, 1.165) is 62.6 Å². The van der Waals surface area contributed by atoms with E-state index in [2.05, 4.69) is 10.2 Å². The number of hydrogen-bond donors (Lipinski definition) is 1. The molecule has 150 valence electrons. The van der Waals surface area contributed by atoms with Gasteiger partial charge in [0, 0.05) is 50.9 Å². The maximum atomic E-state index is 12.8. The van der Waals surface area contributed by atoms with Crippen molar-refractivity contribution >= 4 is 18.3 Å². The van der Waals surface area contributed by atoms with Crippen LogP contribution in [-0.2, 0) is 6.61 Å². The molecule has 0 saturated carbocycles. The van der Waals surface area contributed by atoms with Gasteiger partial charge in [-0.15, -0.1) is 12.4 Å². The van der Waals surface area contributed by atoms with Crippen LogP contribution >= 0.6 is 12.4 Å². The monoisotopic (exact) mass is 401 g/mol. The fourth-order valence-electron chi connectivity index (χ4n) is 3.88. The molecule has 0 aliphatic carbocycles. The number of hydrogen-bond acceptors (Lipinski definition) is 4. The fraction of sp³-hybridized carbons (Fsp3) is 0.409. The summed E-state index contributed by atoms with van der Waals surface area (Å²) in [5, 5.41) is 3.39. The lowest BCUT2D eigenvalue weighted by molar-refractivity contribution is 0.0773. The third-order valence-corrected chi connectivity index (χ3v) is 5.47. The van der Waals surface area contributed by atoms with Gasteiger partial charge < -0.3 is 15.0 Å². The van der Waals surface area contributed by atoms with Crippen LogP contribution in [0, 0.1) is 0 Å². The predicted molar refractivity (Wildman–Crippen MR) is 113 cm³/mol. The summed E-state index contributed by atoms with van der Waals surface area (Å²) in [6.45, 7) is 6.48. The zero-order valence-corrected chi connectivity index (χ0v) is 16.9. The van der Waals surface area contributed by atoms with Crippen molar-refractivity contribution in [2.45, 2.75) is 19.1 Å². The molecule has 6 heteroatoms. The smallest absolute Gasteiger partial charge is 0.253 e. The highest BCUT2D eigenvalue weighted by molar-refractivity contribution is 5.94. The van der Waals surface area contributed by atoms with Crippen molar-refractivity contribution in [1.29, 1.82) is 0 Å². The van der Waals surface area contributed by atoms with E-state index < -0.39 is 0 Å². The van der Waals surface area contributed by atoms with Gasteiger partial charge in [-0.2, -0.15) is 0 Å². The Labute approximate surface area is 173 Å². The number of piperazine rings is 1. The Morgan fingerprint density at radius 3 is 2.43 bits per heavy atom. The molecule has 2 heterocycles. The Bertz CT molecular complexity index is 748. The number of ether oxygens (including phenoxy) is 1. The van der Waals surface area contributed by atoms with Crippen LogP contribution in [0.25, 0.3) is 0 Å². The minimum Gasteiger partial charge on any atom is -0.489 e. The van der Waals surface area contributed by atoms with Gasteiger partial charge in [0.05, 0.1) is 0 Å². The average molecular weight is 402 g/mol. The van der Waals surface area contributed by atoms with Crippen molar-refractivity contribution in [3.8, 4) is 5.75 Å². The topological polar surface area (TPSA) is 44.8 Å². The molecule has 1 N–H and O–H groups in total. The van der Waals surface area contributed by atoms with Crippen molar-refractivity contribution in [1.82, 2.24) is 15.1 Å². The van der Waals surface area contributed by atoms with Gasteiger partial charge in [0.25, 0.3) is 5.91 Å². The van der Waals surface area contributed by atoms with E-state index in [0.29, 0.717) is 12.6 Å². The highest BCUT2D eigenvalue weighted by Gasteiger charge is 2.31. The number of amides is 1. The Kier molecular flexibility index (Phi) is 7.31. The molecule has 2 aliphatic heterocycles. The molecule has 0 radical (unpaired) electrons. The predicted octanol–water partition coefficient (Wildman–Crippen LogP) is 2.81. The summed E-state index contributed by atoms with van der Waals surface area (Å²) >= 11 is 0. The van der Waals surface area contributed by atoms with Gasteiger partial charge in [-0.3, -0.25) is 9.69 Å². The number of carbonyl (C=O) groups is 1. The van der Waals surface area contributed by atoms with Crippen LogP contribution in [0.4, 0.5) is 0 Å². The standard InChI is InChI=1S/C22H27N3O2.ClH/c26-22(25-13-10-20(16-25)24-14-11-23-12-15-24)19-8-6-18(7-9-19)17-27-21-4-2-1-3-5-21;/h1-9,20,23H,10-17H2;1H. The van der Waals surface area contributed by atoms with Crippen LogP contribution in [0.2, 0.25) is 0 Å². The molecule has 5 nitrogen and oxygen atoms in total. The Morgan fingerprint density at radius 1 is 1.00 bits per heavy atom. The molecule has 1 atom stereocenters. The average Bonchev–Trinajstić information content (AvgIpc) is 3.24. The van der Waals surface area contributed by atoms with Crippen LogP contribution < -0.4 is 10.1 Å². The third-order valence-electron chi connectivity index (χ3n) is 5.47. The van der Waals surface area contributed by atoms with E-state index in [9.17, 15) is 4.79 Å². The van der Waals surface area contributed by atoms with Crippen molar-refractivity contribution in [2.24, 2.45) is 0 Å². The quantitative estimate of drug-likeness (QED) is 0.836. The molecule has 0 aromatic heterocycles. The Hall–Kier alpha value is -2.08. The van der Waals surface area contributed by atoms with Gasteiger partial charge in [0.2, 0.25) is 0 Å². The molecular weight excluding hydrogens is 374 g/mol. The number of likely N-dealkylation sites (tertiary alicyclic amines) is 1. The minimum absolute atomic E-state index is 0. The molecular formula is C22H28ClN3O2. The van der Waals surface area contributed by atoms with Gasteiger partial charge >= 0.3 is 0 Å². The second kappa shape index (κ2) is 9.92. The summed E-state index contributed by atoms with van der Waals surface area (Å²) in [6.07, 6.45) is 1.08. The molecule has 2 aromatic carbocycles. The molecule has 1 unspecified atom stereocenters. The van der Waals surface area contributed by atoms with Crippen LogP contribution in [-0.4, -0.2) is 61.0 Å². The van der Waals surface area contributed by atoms with E-state index in [4.69, 9.17) is 4.74 Å². The summed E-state index contributed by atoms with van der Waals surface area (Å²) in [5.74, 6) is 0.997. The number of para-hydroxylation sites is 1. The van der Waals surface area contributed by atoms with Gasteiger partial charge in [-0.1, -0.05) is 30.3 Å². The normalized spacial score (nSPS) is 19.9. The van der Waals surface area contributed by atoms with Gasteiger partial charge in [-0.25, -0.2) is 0 Å². The lowest BCUT2D eigenvalue weighted by Crippen LogP contribution is -2.49. The second-order valence-electron chi connectivity index (χ2n) is 7.28. The van der Waals surface area contributed by atoms with Crippen molar-refractivity contribution in [3.63, 3.8) is 0 Å². The summed E-state index contributed by atoms with van der Waals surface area (Å²) < 4.78 is 5.77. The highest BCUT2D eigenvalue weighted by atomic mass is 35.5. The van der Waals surface area contributed by atoms with Crippen molar-refractivity contribution < 1.29 is 9.53 Å². The summed E-state index contributed by atoms with van der Waals surface area (Å²) in [6, 6.07) is 18.1. The zero-order valence-electron chi connectivity index (χ0n) is 16.0. The SMILES string of the molecule is Cl.O=C(c1ccc(COc2ccccc2)cc1)N1CCC(N2CCNCC2)C1. The van der Waals surface area contributed by atoms with Crippen LogP contribution in [0.1, 0.15) is 22.3 Å². The highest BCUT2D eigenvalue weighted by Crippen LogP contribution is 2.19. The van der Waals surface area contributed by atoms with Crippen LogP contribution in [0.15, 0.2) is 54.6 Å². The summed E-state index contributed by atoms with van der Waals surface area (Å²) in [5.41, 5.74) is 1.83. The van der Waals surface area contributed by atoms with Crippen LogP contribution in [0.5, 0.6) is 5.75 Å². The molecule has 2 saturated heterocycles. The maximum absolute atomic E-state index is 12.8. The molecule has 4 rings (SSSR count). The molecule has 28 heavy (non-hydrogen) atoms. The Balaban J connectivity index is 0.00000225. The molecule has 2 fully saturated rings. The zero-order chi connectivity index (χ0) is 18.5. The fourth-order valence-corrected chi connectivity index (χ4v) is 3.88. The number of nitrogens with one attached hydrogen (secondary N) is 1. The number of rotatable bonds is 5. The Morgan fingerprint density at radius 2 is 1.71 bits per heavy atom. The molecule has 2 aliphatic rings. The van der Waals surface area contributed by atoms with E-state index in [1.807, 2.05) is 59.5 Å². The number of nitrogens with zero attached hydrogens (tertiary/aromatic N) is 2. The van der Waals surface area contributed by atoms with E-state index >= 15 is 0 Å². The third kappa shape index (κ3) is 5.04. The van der Waals surface area contributed by atoms with Gasteiger partial charge in [0.15, 0.2) is 0 Å². The lowest BCUT2D eigenvalue weighted by Gasteiger charge is -2.32. The van der Waals surface area contributed by atoms with Crippen molar-refractivity contribution in [3.05, 3.63) is 65.7 Å². The first kappa shape index (κ1) is 20.6. The van der Waals surface area contributed by atoms with Crippen molar-refractivity contribution in [2.75, 3.05) is 39.3 Å². The largest absolute Gasteiger partial charge is 0.489 e. The van der Waals surface area contributed by atoms with E-state index in [-0.39, 0.29) is 18.3 Å². The molecule has 0 bridgehead atoms. The summed E-state index contributed by atoms with van der Waals surface area (Å²) in [7, 11) is 0. The number of halogens is 1. The number of benzene rings is 2. The van der Waals surface area contributed by atoms with E-state index in [1.165, 1.54) is 0 Å². The second-order valence-corrected chi connectivity index (χ2v) is 7.28. The van der Waals surface area contributed by atoms with Gasteiger partial charge in [0.1, 0.15) is 12.4 Å². The first-order chi connectivity index (χ1) is 13.3. The first-order valence-corrected chi connectivity index (χ1v) is 9.80. The van der Waals surface area contributed by atoms with Gasteiger partial charge in [-0.05, 0) is 36.2 Å². The van der Waals surface area contributed by atoms with Crippen LogP contribution in [0.3, 0.4) is 0 Å². The minimum atomic E-state index is 0. The first-order valence-electron chi connectivity index (χ1n) is 9.80. The van der Waals surface area contributed by atoms with E-state index in [1.54, 1.807) is 0 Å². The molecule has 1 amide bonds. The lowest BCUT2D eigenvalue weighted by atomic mass is 10.1.